The van der Waals surface area contributed by atoms with Crippen LogP contribution < -0.4 is 5.32 Å². The molecule has 1 saturated carbocycles. The molecule has 0 spiro atoms. The number of aliphatic hydroxyl groups is 1. The lowest BCUT2D eigenvalue weighted by Crippen LogP contribution is -2.48. The highest BCUT2D eigenvalue weighted by Gasteiger charge is 2.41. The van der Waals surface area contributed by atoms with Crippen molar-refractivity contribution in [2.24, 2.45) is 11.8 Å². The van der Waals surface area contributed by atoms with Crippen LogP contribution in [0.2, 0.25) is 0 Å². The van der Waals surface area contributed by atoms with Crippen LogP contribution in [0.15, 0.2) is 0 Å². The van der Waals surface area contributed by atoms with E-state index in [2.05, 4.69) is 10.2 Å². The zero-order valence-electron chi connectivity index (χ0n) is 11.7. The van der Waals surface area contributed by atoms with Crippen molar-refractivity contribution >= 4 is 5.91 Å². The summed E-state index contributed by atoms with van der Waals surface area (Å²) in [7, 11) is 0. The molecular weight excluding hydrogens is 240 g/mol. The van der Waals surface area contributed by atoms with Crippen LogP contribution in [0.1, 0.15) is 44.9 Å². The molecule has 0 aromatic heterocycles. The van der Waals surface area contributed by atoms with Gasteiger partial charge in [-0.15, -0.1) is 0 Å². The first-order valence-corrected chi connectivity index (χ1v) is 7.94. The van der Waals surface area contributed by atoms with Gasteiger partial charge >= 0.3 is 0 Å². The Morgan fingerprint density at radius 3 is 2.84 bits per heavy atom. The second-order valence-corrected chi connectivity index (χ2v) is 6.60. The molecule has 19 heavy (non-hydrogen) atoms. The molecule has 3 unspecified atom stereocenters. The van der Waals surface area contributed by atoms with Gasteiger partial charge in [0.2, 0.25) is 5.91 Å². The monoisotopic (exact) mass is 266 g/mol. The Morgan fingerprint density at radius 2 is 2.05 bits per heavy atom. The Labute approximate surface area is 115 Å². The van der Waals surface area contributed by atoms with E-state index in [4.69, 9.17) is 0 Å². The van der Waals surface area contributed by atoms with Gasteiger partial charge in [-0.25, -0.2) is 0 Å². The van der Waals surface area contributed by atoms with Crippen molar-refractivity contribution in [2.75, 3.05) is 19.6 Å². The minimum Gasteiger partial charge on any atom is -0.392 e. The molecule has 0 aromatic rings. The van der Waals surface area contributed by atoms with Gasteiger partial charge in [-0.2, -0.15) is 0 Å². The fourth-order valence-corrected chi connectivity index (χ4v) is 4.24. The molecule has 3 atom stereocenters. The fourth-order valence-electron chi connectivity index (χ4n) is 4.24. The second kappa shape index (κ2) is 5.80. The third kappa shape index (κ3) is 2.95. The van der Waals surface area contributed by atoms with E-state index in [1.165, 1.54) is 25.7 Å². The summed E-state index contributed by atoms with van der Waals surface area (Å²) in [5, 5.41) is 13.3. The lowest BCUT2D eigenvalue weighted by molar-refractivity contribution is -0.124. The highest BCUT2D eigenvalue weighted by atomic mass is 16.3. The number of rotatable bonds is 4. The first kappa shape index (κ1) is 13.4. The van der Waals surface area contributed by atoms with Gasteiger partial charge in [0, 0.05) is 19.1 Å². The number of carbonyl (C=O) groups is 1. The molecule has 1 amide bonds. The van der Waals surface area contributed by atoms with Crippen LogP contribution in [0.3, 0.4) is 0 Å². The van der Waals surface area contributed by atoms with Gasteiger partial charge in [0.15, 0.2) is 0 Å². The van der Waals surface area contributed by atoms with Crippen molar-refractivity contribution in [3.63, 3.8) is 0 Å². The van der Waals surface area contributed by atoms with Crippen LogP contribution in [0.5, 0.6) is 0 Å². The van der Waals surface area contributed by atoms with Crippen molar-refractivity contribution in [3.8, 4) is 0 Å². The summed E-state index contributed by atoms with van der Waals surface area (Å²) in [6.07, 6.45) is 8.12. The number of aliphatic hydroxyl groups excluding tert-OH is 1. The van der Waals surface area contributed by atoms with E-state index in [1.807, 2.05) is 0 Å². The van der Waals surface area contributed by atoms with Crippen molar-refractivity contribution in [1.82, 2.24) is 10.2 Å². The smallest absolute Gasteiger partial charge is 0.224 e. The first-order valence-electron chi connectivity index (χ1n) is 7.94. The molecule has 0 bridgehead atoms. The molecule has 2 saturated heterocycles. The SMILES string of the molecule is O=C1NCC2C1CCCN2CC(O)CC1CCCC1. The summed E-state index contributed by atoms with van der Waals surface area (Å²) in [6.45, 7) is 2.57. The second-order valence-electron chi connectivity index (χ2n) is 6.60. The maximum Gasteiger partial charge on any atom is 0.224 e. The van der Waals surface area contributed by atoms with Gasteiger partial charge < -0.3 is 10.4 Å². The molecule has 2 heterocycles. The number of β-amino-alcohol motifs (C(OH)–C–C–N with tert-alkyl or cyclic N) is 1. The number of amides is 1. The normalized spacial score (nSPS) is 34.3. The molecular formula is C15H26N2O2. The van der Waals surface area contributed by atoms with E-state index in [1.54, 1.807) is 0 Å². The number of piperidine rings is 1. The summed E-state index contributed by atoms with van der Waals surface area (Å²) < 4.78 is 0. The molecule has 108 valence electrons. The predicted octanol–water partition coefficient (Wildman–Crippen LogP) is 1.14. The number of hydrogen-bond acceptors (Lipinski definition) is 3. The van der Waals surface area contributed by atoms with E-state index < -0.39 is 0 Å². The predicted molar refractivity (Wildman–Crippen MR) is 73.7 cm³/mol. The van der Waals surface area contributed by atoms with Crippen molar-refractivity contribution < 1.29 is 9.90 Å². The Balaban J connectivity index is 1.52. The Bertz CT molecular complexity index is 328. The Kier molecular flexibility index (Phi) is 4.08. The Hall–Kier alpha value is -0.610. The van der Waals surface area contributed by atoms with Gasteiger partial charge in [-0.3, -0.25) is 9.69 Å². The molecule has 2 N–H and O–H groups in total. The van der Waals surface area contributed by atoms with Crippen molar-refractivity contribution in [2.45, 2.75) is 57.1 Å². The van der Waals surface area contributed by atoms with E-state index in [0.717, 1.165) is 44.8 Å². The van der Waals surface area contributed by atoms with Gasteiger partial charge in [-0.05, 0) is 31.7 Å². The maximum atomic E-state index is 11.7. The average Bonchev–Trinajstić information content (AvgIpc) is 3.01. The molecule has 3 rings (SSSR count). The third-order valence-electron chi connectivity index (χ3n) is 5.24. The van der Waals surface area contributed by atoms with E-state index in [9.17, 15) is 9.90 Å². The quantitative estimate of drug-likeness (QED) is 0.802. The van der Waals surface area contributed by atoms with Crippen molar-refractivity contribution in [1.29, 1.82) is 0 Å². The molecule has 4 heteroatoms. The zero-order chi connectivity index (χ0) is 13.2. The van der Waals surface area contributed by atoms with Gasteiger partial charge in [0.25, 0.3) is 0 Å². The number of nitrogens with one attached hydrogen (secondary N) is 1. The minimum atomic E-state index is -0.211. The molecule has 0 radical (unpaired) electrons. The summed E-state index contributed by atoms with van der Waals surface area (Å²) in [6, 6.07) is 0.333. The van der Waals surface area contributed by atoms with Crippen LogP contribution in [-0.4, -0.2) is 47.7 Å². The molecule has 3 fully saturated rings. The zero-order valence-corrected chi connectivity index (χ0v) is 11.7. The average molecular weight is 266 g/mol. The number of nitrogens with zero attached hydrogens (tertiary/aromatic N) is 1. The largest absolute Gasteiger partial charge is 0.392 e. The summed E-state index contributed by atoms with van der Waals surface area (Å²) in [5.41, 5.74) is 0. The van der Waals surface area contributed by atoms with E-state index >= 15 is 0 Å². The third-order valence-corrected chi connectivity index (χ3v) is 5.24. The fraction of sp³-hybridized carbons (Fsp3) is 0.933. The van der Waals surface area contributed by atoms with E-state index in [0.29, 0.717) is 6.04 Å². The van der Waals surface area contributed by atoms with E-state index in [-0.39, 0.29) is 17.9 Å². The molecule has 1 aliphatic carbocycles. The number of hydrogen-bond donors (Lipinski definition) is 2. The lowest BCUT2D eigenvalue weighted by atomic mass is 9.90. The van der Waals surface area contributed by atoms with Crippen LogP contribution >= 0.6 is 0 Å². The first-order chi connectivity index (χ1) is 9.24. The maximum absolute atomic E-state index is 11.7. The molecule has 2 aliphatic heterocycles. The highest BCUT2D eigenvalue weighted by molar-refractivity contribution is 5.82. The van der Waals surface area contributed by atoms with Crippen molar-refractivity contribution in [3.05, 3.63) is 0 Å². The lowest BCUT2D eigenvalue weighted by Gasteiger charge is -2.37. The number of fused-ring (bicyclic) bond motifs is 1. The van der Waals surface area contributed by atoms with Gasteiger partial charge in [0.05, 0.1) is 12.0 Å². The molecule has 3 aliphatic rings. The minimum absolute atomic E-state index is 0.174. The molecule has 4 nitrogen and oxygen atoms in total. The highest BCUT2D eigenvalue weighted by Crippen LogP contribution is 2.31. The van der Waals surface area contributed by atoms with Crippen LogP contribution in [-0.2, 0) is 4.79 Å². The summed E-state index contributed by atoms with van der Waals surface area (Å²) >= 11 is 0. The topological polar surface area (TPSA) is 52.6 Å². The summed E-state index contributed by atoms with van der Waals surface area (Å²) in [4.78, 5) is 14.1. The number of likely N-dealkylation sites (tertiary alicyclic amines) is 1. The van der Waals surface area contributed by atoms with Crippen LogP contribution in [0, 0.1) is 11.8 Å². The summed E-state index contributed by atoms with van der Waals surface area (Å²) in [5.74, 6) is 1.13. The number of carbonyl (C=O) groups excluding carboxylic acids is 1. The Morgan fingerprint density at radius 1 is 1.26 bits per heavy atom. The standard InChI is InChI=1S/C15H26N2O2/c18-12(8-11-4-1-2-5-11)10-17-7-3-6-13-14(17)9-16-15(13)19/h11-14,18H,1-10H2,(H,16,19). The van der Waals surface area contributed by atoms with Crippen LogP contribution in [0.4, 0.5) is 0 Å². The molecule has 0 aromatic carbocycles. The van der Waals surface area contributed by atoms with Crippen LogP contribution in [0.25, 0.3) is 0 Å². The van der Waals surface area contributed by atoms with Gasteiger partial charge in [0.1, 0.15) is 0 Å². The van der Waals surface area contributed by atoms with Gasteiger partial charge in [-0.1, -0.05) is 25.7 Å².